The molecule has 0 fully saturated rings. The molecule has 0 bridgehead atoms. The van der Waals surface area contributed by atoms with Crippen molar-refractivity contribution in [1.82, 2.24) is 15.0 Å². The predicted molar refractivity (Wildman–Crippen MR) is 79.0 cm³/mol. The molecule has 5 heteroatoms. The number of nitrogens with one attached hydrogen (secondary N) is 1. The van der Waals surface area contributed by atoms with Crippen molar-refractivity contribution in [2.75, 3.05) is 5.32 Å². The first kappa shape index (κ1) is 13.2. The van der Waals surface area contributed by atoms with Crippen LogP contribution in [-0.2, 0) is 6.54 Å². The third-order valence-electron chi connectivity index (χ3n) is 2.95. The van der Waals surface area contributed by atoms with E-state index >= 15 is 0 Å². The number of pyridine rings is 3. The van der Waals surface area contributed by atoms with E-state index in [4.69, 9.17) is 0 Å². The highest BCUT2D eigenvalue weighted by Crippen LogP contribution is 2.16. The molecule has 104 valence electrons. The fourth-order valence-electron chi connectivity index (χ4n) is 1.92. The number of anilines is 1. The van der Waals surface area contributed by atoms with Gasteiger partial charge in [-0.05, 0) is 35.9 Å². The Morgan fingerprint density at radius 3 is 2.57 bits per heavy atom. The summed E-state index contributed by atoms with van der Waals surface area (Å²) >= 11 is 0. The molecule has 0 radical (unpaired) electrons. The van der Waals surface area contributed by atoms with E-state index in [0.29, 0.717) is 6.54 Å². The Morgan fingerprint density at radius 2 is 1.86 bits per heavy atom. The highest BCUT2D eigenvalue weighted by atomic mass is 19.1. The molecule has 0 aliphatic heterocycles. The van der Waals surface area contributed by atoms with Crippen LogP contribution in [0.15, 0.2) is 61.2 Å². The summed E-state index contributed by atoms with van der Waals surface area (Å²) < 4.78 is 13.0. The summed E-state index contributed by atoms with van der Waals surface area (Å²) in [4.78, 5) is 12.4. The Balaban J connectivity index is 1.68. The van der Waals surface area contributed by atoms with Crippen molar-refractivity contribution in [1.29, 1.82) is 0 Å². The lowest BCUT2D eigenvalue weighted by Crippen LogP contribution is -2.01. The minimum atomic E-state index is -0.335. The zero-order valence-corrected chi connectivity index (χ0v) is 11.2. The molecule has 0 saturated carbocycles. The Morgan fingerprint density at radius 1 is 0.952 bits per heavy atom. The lowest BCUT2D eigenvalue weighted by Gasteiger charge is -2.07. The SMILES string of the molecule is Fc1cncc(CNc2ccc(-c3ccccn3)nc2)c1. The lowest BCUT2D eigenvalue weighted by atomic mass is 10.2. The first-order chi connectivity index (χ1) is 10.3. The van der Waals surface area contributed by atoms with Gasteiger partial charge in [0.1, 0.15) is 5.82 Å². The standard InChI is InChI=1S/C16H13FN4/c17-13-7-12(8-18-10-13)9-20-14-4-5-16(21-11-14)15-3-1-2-6-19-15/h1-8,10-11,20H,9H2. The minimum absolute atomic E-state index is 0.335. The largest absolute Gasteiger partial charge is 0.380 e. The molecule has 21 heavy (non-hydrogen) atoms. The van der Waals surface area contributed by atoms with Crippen molar-refractivity contribution in [2.24, 2.45) is 0 Å². The smallest absolute Gasteiger partial charge is 0.141 e. The molecule has 0 spiro atoms. The molecule has 0 aromatic carbocycles. The molecule has 3 rings (SSSR count). The molecule has 3 aromatic rings. The number of rotatable bonds is 4. The van der Waals surface area contributed by atoms with E-state index in [9.17, 15) is 4.39 Å². The van der Waals surface area contributed by atoms with Crippen molar-refractivity contribution in [3.8, 4) is 11.4 Å². The Hall–Kier alpha value is -2.82. The van der Waals surface area contributed by atoms with Crippen LogP contribution in [0.5, 0.6) is 0 Å². The predicted octanol–water partition coefficient (Wildman–Crippen LogP) is 3.29. The molecule has 3 aromatic heterocycles. The second-order valence-corrected chi connectivity index (χ2v) is 4.51. The summed E-state index contributed by atoms with van der Waals surface area (Å²) in [5.41, 5.74) is 3.29. The van der Waals surface area contributed by atoms with Crippen molar-refractivity contribution >= 4 is 5.69 Å². The van der Waals surface area contributed by atoms with Crippen LogP contribution in [0.25, 0.3) is 11.4 Å². The summed E-state index contributed by atoms with van der Waals surface area (Å²) in [6.07, 6.45) is 6.29. The van der Waals surface area contributed by atoms with Gasteiger partial charge in [-0.25, -0.2) is 4.39 Å². The van der Waals surface area contributed by atoms with Crippen molar-refractivity contribution in [3.05, 3.63) is 72.6 Å². The van der Waals surface area contributed by atoms with Gasteiger partial charge < -0.3 is 5.32 Å². The van der Waals surface area contributed by atoms with Crippen LogP contribution < -0.4 is 5.32 Å². The highest BCUT2D eigenvalue weighted by Gasteiger charge is 2.01. The molecular weight excluding hydrogens is 267 g/mol. The Bertz CT molecular complexity index is 714. The van der Waals surface area contributed by atoms with Gasteiger partial charge in [0, 0.05) is 18.9 Å². The van der Waals surface area contributed by atoms with Gasteiger partial charge in [-0.2, -0.15) is 0 Å². The summed E-state index contributed by atoms with van der Waals surface area (Å²) in [5.74, 6) is -0.335. The van der Waals surface area contributed by atoms with Crippen LogP contribution in [0.1, 0.15) is 5.56 Å². The first-order valence-electron chi connectivity index (χ1n) is 6.52. The summed E-state index contributed by atoms with van der Waals surface area (Å²) in [7, 11) is 0. The minimum Gasteiger partial charge on any atom is -0.380 e. The van der Waals surface area contributed by atoms with Gasteiger partial charge in [-0.15, -0.1) is 0 Å². The normalized spacial score (nSPS) is 10.3. The van der Waals surface area contributed by atoms with Crippen LogP contribution in [0.3, 0.4) is 0 Å². The maximum absolute atomic E-state index is 13.0. The molecule has 1 N–H and O–H groups in total. The summed E-state index contributed by atoms with van der Waals surface area (Å²) in [6, 6.07) is 11.0. The van der Waals surface area contributed by atoms with Crippen LogP contribution in [0.4, 0.5) is 10.1 Å². The third kappa shape index (κ3) is 3.39. The molecule has 0 atom stereocenters. The quantitative estimate of drug-likeness (QED) is 0.796. The fraction of sp³-hybridized carbons (Fsp3) is 0.0625. The number of nitrogens with zero attached hydrogens (tertiary/aromatic N) is 3. The van der Waals surface area contributed by atoms with Crippen molar-refractivity contribution < 1.29 is 4.39 Å². The van der Waals surface area contributed by atoms with E-state index in [-0.39, 0.29) is 5.82 Å². The second-order valence-electron chi connectivity index (χ2n) is 4.51. The lowest BCUT2D eigenvalue weighted by molar-refractivity contribution is 0.619. The monoisotopic (exact) mass is 280 g/mol. The van der Waals surface area contributed by atoms with Gasteiger partial charge >= 0.3 is 0 Å². The molecule has 4 nitrogen and oxygen atoms in total. The van der Waals surface area contributed by atoms with Gasteiger partial charge in [0.25, 0.3) is 0 Å². The zero-order valence-electron chi connectivity index (χ0n) is 11.2. The van der Waals surface area contributed by atoms with Gasteiger partial charge in [-0.1, -0.05) is 6.07 Å². The van der Waals surface area contributed by atoms with E-state index in [1.807, 2.05) is 30.3 Å². The van der Waals surface area contributed by atoms with Crippen LogP contribution in [0.2, 0.25) is 0 Å². The average Bonchev–Trinajstić information content (AvgIpc) is 2.54. The number of hydrogen-bond acceptors (Lipinski definition) is 4. The van der Waals surface area contributed by atoms with Gasteiger partial charge in [0.05, 0.1) is 29.5 Å². The number of hydrogen-bond donors (Lipinski definition) is 1. The van der Waals surface area contributed by atoms with Crippen molar-refractivity contribution in [2.45, 2.75) is 6.54 Å². The summed E-state index contributed by atoms with van der Waals surface area (Å²) in [6.45, 7) is 0.495. The molecule has 0 saturated heterocycles. The van der Waals surface area contributed by atoms with E-state index in [1.54, 1.807) is 18.6 Å². The van der Waals surface area contributed by atoms with Crippen LogP contribution in [0, 0.1) is 5.82 Å². The molecule has 3 heterocycles. The molecule has 0 aliphatic carbocycles. The summed E-state index contributed by atoms with van der Waals surface area (Å²) in [5, 5.41) is 3.18. The topological polar surface area (TPSA) is 50.7 Å². The number of halogens is 1. The molecule has 0 amide bonds. The zero-order chi connectivity index (χ0) is 14.5. The van der Waals surface area contributed by atoms with Gasteiger partial charge in [0.2, 0.25) is 0 Å². The molecule has 0 unspecified atom stereocenters. The van der Waals surface area contributed by atoms with E-state index < -0.39 is 0 Å². The average molecular weight is 280 g/mol. The van der Waals surface area contributed by atoms with Crippen LogP contribution in [-0.4, -0.2) is 15.0 Å². The van der Waals surface area contributed by atoms with E-state index in [2.05, 4.69) is 20.3 Å². The highest BCUT2D eigenvalue weighted by molar-refractivity contribution is 5.56. The first-order valence-corrected chi connectivity index (χ1v) is 6.52. The fourth-order valence-corrected chi connectivity index (χ4v) is 1.92. The number of aromatic nitrogens is 3. The van der Waals surface area contributed by atoms with Crippen LogP contribution >= 0.6 is 0 Å². The maximum Gasteiger partial charge on any atom is 0.141 e. The van der Waals surface area contributed by atoms with E-state index in [1.165, 1.54) is 12.3 Å². The van der Waals surface area contributed by atoms with Gasteiger partial charge in [-0.3, -0.25) is 15.0 Å². The van der Waals surface area contributed by atoms with E-state index in [0.717, 1.165) is 22.6 Å². The molecular formula is C16H13FN4. The maximum atomic E-state index is 13.0. The Kier molecular flexibility index (Phi) is 3.82. The Labute approximate surface area is 121 Å². The van der Waals surface area contributed by atoms with Gasteiger partial charge in [0.15, 0.2) is 0 Å². The third-order valence-corrected chi connectivity index (χ3v) is 2.95. The molecule has 0 aliphatic rings. The van der Waals surface area contributed by atoms with Crippen molar-refractivity contribution in [3.63, 3.8) is 0 Å². The second kappa shape index (κ2) is 6.09.